The van der Waals surface area contributed by atoms with Gasteiger partial charge in [-0.3, -0.25) is 4.79 Å². The summed E-state index contributed by atoms with van der Waals surface area (Å²) in [6, 6.07) is 9.52. The number of carbonyl (C=O) groups is 1. The van der Waals surface area contributed by atoms with Crippen LogP contribution in [0.5, 0.6) is 0 Å². The third-order valence-corrected chi connectivity index (χ3v) is 5.61. The maximum atomic E-state index is 13.4. The number of rotatable bonds is 5. The number of nitrogens with zero attached hydrogens (tertiary/aromatic N) is 1. The van der Waals surface area contributed by atoms with Crippen molar-refractivity contribution in [2.24, 2.45) is 5.73 Å². The molecule has 0 aliphatic heterocycles. The van der Waals surface area contributed by atoms with Gasteiger partial charge in [-0.25, -0.2) is 12.8 Å². The highest BCUT2D eigenvalue weighted by Crippen LogP contribution is 2.29. The topological polar surface area (TPSA) is 80.5 Å². The Balaban J connectivity index is 2.52. The molecule has 0 saturated heterocycles. The molecule has 1 atom stereocenters. The third-order valence-electron chi connectivity index (χ3n) is 3.29. The first-order valence-electron chi connectivity index (χ1n) is 6.52. The van der Waals surface area contributed by atoms with Gasteiger partial charge in [0.05, 0.1) is 5.02 Å². The molecule has 0 aliphatic rings. The fraction of sp³-hybridized carbons (Fsp3) is 0.133. The number of amides is 1. The van der Waals surface area contributed by atoms with Gasteiger partial charge in [0.25, 0.3) is 0 Å². The Labute approximate surface area is 138 Å². The number of benzene rings is 2. The van der Waals surface area contributed by atoms with E-state index in [0.717, 1.165) is 10.4 Å². The van der Waals surface area contributed by atoms with Crippen molar-refractivity contribution in [2.45, 2.75) is 10.9 Å². The molecule has 0 saturated carbocycles. The summed E-state index contributed by atoms with van der Waals surface area (Å²) in [5.41, 5.74) is 5.47. The van der Waals surface area contributed by atoms with Crippen molar-refractivity contribution < 1.29 is 17.6 Å². The Morgan fingerprint density at radius 2 is 1.87 bits per heavy atom. The minimum atomic E-state index is -4.10. The standard InChI is InChI=1S/C15H14ClFN2O3S/c1-19(23(21,22)13-8-3-2-7-12(13)16)14(15(18)20)10-5-4-6-11(17)9-10/h2-9,14H,1H3,(H2,18,20). The molecule has 0 heterocycles. The molecule has 0 spiro atoms. The van der Waals surface area contributed by atoms with Gasteiger partial charge in [-0.05, 0) is 29.8 Å². The molecule has 0 radical (unpaired) electrons. The molecule has 1 amide bonds. The van der Waals surface area contributed by atoms with Crippen molar-refractivity contribution in [1.82, 2.24) is 4.31 Å². The van der Waals surface area contributed by atoms with E-state index in [1.807, 2.05) is 0 Å². The smallest absolute Gasteiger partial charge is 0.245 e. The van der Waals surface area contributed by atoms with Crippen molar-refractivity contribution in [1.29, 1.82) is 0 Å². The van der Waals surface area contributed by atoms with Gasteiger partial charge in [0.1, 0.15) is 16.8 Å². The zero-order valence-electron chi connectivity index (χ0n) is 12.1. The Bertz CT molecular complexity index is 842. The summed E-state index contributed by atoms with van der Waals surface area (Å²) in [5, 5.41) is 0.0156. The Kier molecular flexibility index (Phi) is 5.03. The number of hydrogen-bond donors (Lipinski definition) is 1. The molecule has 1 unspecified atom stereocenters. The van der Waals surface area contributed by atoms with Gasteiger partial charge in [0.15, 0.2) is 0 Å². The van der Waals surface area contributed by atoms with E-state index in [-0.39, 0.29) is 15.5 Å². The van der Waals surface area contributed by atoms with Crippen molar-refractivity contribution in [3.05, 3.63) is 64.9 Å². The second-order valence-electron chi connectivity index (χ2n) is 4.81. The maximum Gasteiger partial charge on any atom is 0.245 e. The van der Waals surface area contributed by atoms with Crippen LogP contribution in [0.2, 0.25) is 5.02 Å². The van der Waals surface area contributed by atoms with Gasteiger partial charge in [-0.1, -0.05) is 35.9 Å². The van der Waals surface area contributed by atoms with E-state index in [1.165, 1.54) is 43.4 Å². The van der Waals surface area contributed by atoms with Gasteiger partial charge in [-0.2, -0.15) is 4.31 Å². The highest BCUT2D eigenvalue weighted by atomic mass is 35.5. The molecule has 2 rings (SSSR count). The highest BCUT2D eigenvalue weighted by molar-refractivity contribution is 7.89. The van der Waals surface area contributed by atoms with Crippen molar-refractivity contribution >= 4 is 27.5 Å². The lowest BCUT2D eigenvalue weighted by molar-refractivity contribution is -0.121. The molecule has 2 aromatic carbocycles. The van der Waals surface area contributed by atoms with Crippen LogP contribution in [0.15, 0.2) is 53.4 Å². The van der Waals surface area contributed by atoms with Crippen LogP contribution in [0, 0.1) is 5.82 Å². The minimum Gasteiger partial charge on any atom is -0.368 e. The zero-order chi connectivity index (χ0) is 17.2. The molecule has 0 aromatic heterocycles. The van der Waals surface area contributed by atoms with E-state index >= 15 is 0 Å². The first kappa shape index (κ1) is 17.4. The number of carbonyl (C=O) groups excluding carboxylic acids is 1. The maximum absolute atomic E-state index is 13.4. The normalized spacial score (nSPS) is 13.0. The molecule has 8 heteroatoms. The van der Waals surface area contributed by atoms with Gasteiger partial charge in [0.2, 0.25) is 15.9 Å². The summed E-state index contributed by atoms with van der Waals surface area (Å²) in [5.74, 6) is -1.52. The van der Waals surface area contributed by atoms with Crippen LogP contribution in [0.3, 0.4) is 0 Å². The summed E-state index contributed by atoms with van der Waals surface area (Å²) < 4.78 is 39.6. The second kappa shape index (κ2) is 6.66. The molecule has 5 nitrogen and oxygen atoms in total. The van der Waals surface area contributed by atoms with Crippen LogP contribution < -0.4 is 5.73 Å². The number of likely N-dealkylation sites (N-methyl/N-ethyl adjacent to an activating group) is 1. The SMILES string of the molecule is CN(C(C(N)=O)c1cccc(F)c1)S(=O)(=O)c1ccccc1Cl. The third kappa shape index (κ3) is 3.52. The first-order valence-corrected chi connectivity index (χ1v) is 8.34. The number of sulfonamides is 1. The molecule has 2 aromatic rings. The predicted molar refractivity (Wildman–Crippen MR) is 84.7 cm³/mol. The van der Waals surface area contributed by atoms with Crippen molar-refractivity contribution in [2.75, 3.05) is 7.05 Å². The summed E-state index contributed by atoms with van der Waals surface area (Å²) in [6.07, 6.45) is 0. The number of halogens is 2. The fourth-order valence-electron chi connectivity index (χ4n) is 2.18. The van der Waals surface area contributed by atoms with Crippen LogP contribution in [-0.4, -0.2) is 25.7 Å². The number of nitrogens with two attached hydrogens (primary N) is 1. The Morgan fingerprint density at radius 1 is 1.22 bits per heavy atom. The van der Waals surface area contributed by atoms with E-state index in [2.05, 4.69) is 0 Å². The molecule has 122 valence electrons. The van der Waals surface area contributed by atoms with Crippen molar-refractivity contribution in [3.63, 3.8) is 0 Å². The minimum absolute atomic E-state index is 0.0156. The largest absolute Gasteiger partial charge is 0.368 e. The Morgan fingerprint density at radius 3 is 2.43 bits per heavy atom. The van der Waals surface area contributed by atoms with Crippen LogP contribution >= 0.6 is 11.6 Å². The van der Waals surface area contributed by atoms with E-state index < -0.39 is 27.8 Å². The van der Waals surface area contributed by atoms with Gasteiger partial charge in [0, 0.05) is 7.05 Å². The summed E-state index contributed by atoms with van der Waals surface area (Å²) in [4.78, 5) is 11.6. The quantitative estimate of drug-likeness (QED) is 0.892. The molecule has 0 fully saturated rings. The first-order chi connectivity index (χ1) is 10.7. The lowest BCUT2D eigenvalue weighted by Crippen LogP contribution is -2.39. The van der Waals surface area contributed by atoms with Crippen LogP contribution in [0.25, 0.3) is 0 Å². The zero-order valence-corrected chi connectivity index (χ0v) is 13.7. The average Bonchev–Trinajstić information content (AvgIpc) is 2.47. The fourth-order valence-corrected chi connectivity index (χ4v) is 3.98. The molecule has 23 heavy (non-hydrogen) atoms. The van der Waals surface area contributed by atoms with Gasteiger partial charge >= 0.3 is 0 Å². The Hall–Kier alpha value is -1.96. The summed E-state index contributed by atoms with van der Waals surface area (Å²) >= 11 is 5.93. The molecule has 0 bridgehead atoms. The molecular weight excluding hydrogens is 343 g/mol. The predicted octanol–water partition coefficient (Wildman–Crippen LogP) is 2.33. The monoisotopic (exact) mass is 356 g/mol. The molecule has 2 N–H and O–H groups in total. The van der Waals surface area contributed by atoms with E-state index in [1.54, 1.807) is 6.07 Å². The highest BCUT2D eigenvalue weighted by Gasteiger charge is 2.34. The van der Waals surface area contributed by atoms with E-state index in [0.29, 0.717) is 0 Å². The summed E-state index contributed by atoms with van der Waals surface area (Å²) in [7, 11) is -2.90. The molecular formula is C15H14ClFN2O3S. The van der Waals surface area contributed by atoms with Gasteiger partial charge < -0.3 is 5.73 Å². The van der Waals surface area contributed by atoms with Crippen LogP contribution in [-0.2, 0) is 14.8 Å². The lowest BCUT2D eigenvalue weighted by Gasteiger charge is -2.25. The summed E-state index contributed by atoms with van der Waals surface area (Å²) in [6.45, 7) is 0. The van der Waals surface area contributed by atoms with Crippen LogP contribution in [0.1, 0.15) is 11.6 Å². The number of hydrogen-bond acceptors (Lipinski definition) is 3. The van der Waals surface area contributed by atoms with E-state index in [9.17, 15) is 17.6 Å². The average molecular weight is 357 g/mol. The van der Waals surface area contributed by atoms with E-state index in [4.69, 9.17) is 17.3 Å². The lowest BCUT2D eigenvalue weighted by atomic mass is 10.1. The molecule has 0 aliphatic carbocycles. The van der Waals surface area contributed by atoms with Crippen molar-refractivity contribution in [3.8, 4) is 0 Å². The second-order valence-corrected chi connectivity index (χ2v) is 7.18. The van der Waals surface area contributed by atoms with Crippen LogP contribution in [0.4, 0.5) is 4.39 Å². The van der Waals surface area contributed by atoms with Gasteiger partial charge in [-0.15, -0.1) is 0 Å². The number of primary amides is 1.